The Morgan fingerprint density at radius 2 is 2.16 bits per heavy atom. The first-order valence-electron chi connectivity index (χ1n) is 6.29. The molecule has 0 aliphatic carbocycles. The van der Waals surface area contributed by atoms with Crippen LogP contribution < -0.4 is 10.6 Å². The minimum Gasteiger partial charge on any atom is -0.396 e. The van der Waals surface area contributed by atoms with Gasteiger partial charge in [0.1, 0.15) is 5.52 Å². The van der Waals surface area contributed by atoms with Crippen molar-refractivity contribution >= 4 is 22.9 Å². The molecule has 0 unspecified atom stereocenters. The quantitative estimate of drug-likeness (QED) is 0.626. The van der Waals surface area contributed by atoms with E-state index in [2.05, 4.69) is 44.4 Å². The van der Waals surface area contributed by atoms with Crippen molar-refractivity contribution in [2.75, 3.05) is 30.8 Å². The molecule has 0 aliphatic heterocycles. The molecule has 0 bridgehead atoms. The Balaban J connectivity index is 2.22. The summed E-state index contributed by atoms with van der Waals surface area (Å²) in [6.45, 7) is 5.09. The molecule has 2 heterocycles. The zero-order valence-corrected chi connectivity index (χ0v) is 11.5. The highest BCUT2D eigenvalue weighted by atomic mass is 16.3. The van der Waals surface area contributed by atoms with Crippen LogP contribution in [0.3, 0.4) is 0 Å². The van der Waals surface area contributed by atoms with Gasteiger partial charge in [-0.25, -0.2) is 4.98 Å². The number of hydrogen-bond donors (Lipinski definition) is 4. The van der Waals surface area contributed by atoms with Gasteiger partial charge in [-0.2, -0.15) is 9.97 Å². The lowest BCUT2D eigenvalue weighted by molar-refractivity contribution is 0.220. The lowest BCUT2D eigenvalue weighted by Crippen LogP contribution is -2.25. The standard InChI is InChI=1S/C12H20N6O/c1-12(2,4-5-19)6-14-9-8-10(16-7-15-8)18-11(13-3)17-9/h7,19H,4-6H2,1-3H3,(H3,13,14,15,16,17,18). The molecule has 2 aromatic rings. The third kappa shape index (κ3) is 3.11. The molecule has 7 nitrogen and oxygen atoms in total. The van der Waals surface area contributed by atoms with Gasteiger partial charge in [-0.15, -0.1) is 0 Å². The van der Waals surface area contributed by atoms with E-state index in [9.17, 15) is 0 Å². The molecule has 0 radical (unpaired) electrons. The highest BCUT2D eigenvalue weighted by Crippen LogP contribution is 2.23. The number of anilines is 2. The zero-order valence-electron chi connectivity index (χ0n) is 11.5. The van der Waals surface area contributed by atoms with E-state index in [4.69, 9.17) is 5.11 Å². The predicted molar refractivity (Wildman–Crippen MR) is 75.2 cm³/mol. The van der Waals surface area contributed by atoms with Crippen molar-refractivity contribution in [1.29, 1.82) is 0 Å². The third-order valence-electron chi connectivity index (χ3n) is 3.03. The summed E-state index contributed by atoms with van der Waals surface area (Å²) in [6, 6.07) is 0. The molecule has 0 aromatic carbocycles. The first-order valence-corrected chi connectivity index (χ1v) is 6.29. The molecule has 104 valence electrons. The second kappa shape index (κ2) is 5.40. The van der Waals surface area contributed by atoms with Crippen LogP contribution in [0.4, 0.5) is 11.8 Å². The average Bonchev–Trinajstić information content (AvgIpc) is 2.83. The van der Waals surface area contributed by atoms with Crippen molar-refractivity contribution < 1.29 is 5.11 Å². The van der Waals surface area contributed by atoms with Crippen LogP contribution in [0.15, 0.2) is 6.33 Å². The van der Waals surface area contributed by atoms with Gasteiger partial charge in [0.05, 0.1) is 6.33 Å². The Morgan fingerprint density at radius 1 is 1.37 bits per heavy atom. The van der Waals surface area contributed by atoms with Crippen LogP contribution in [0.25, 0.3) is 11.2 Å². The molecule has 0 fully saturated rings. The highest BCUT2D eigenvalue weighted by Gasteiger charge is 2.18. The van der Waals surface area contributed by atoms with E-state index < -0.39 is 0 Å². The Hall–Kier alpha value is -1.89. The molecule has 2 aromatic heterocycles. The van der Waals surface area contributed by atoms with Crippen molar-refractivity contribution in [3.63, 3.8) is 0 Å². The van der Waals surface area contributed by atoms with Crippen LogP contribution in [0, 0.1) is 5.41 Å². The van der Waals surface area contributed by atoms with Crippen LogP contribution in [0.1, 0.15) is 20.3 Å². The molecule has 0 amide bonds. The lowest BCUT2D eigenvalue weighted by Gasteiger charge is -2.24. The molecular formula is C12H20N6O. The molecule has 0 saturated carbocycles. The number of nitrogens with zero attached hydrogens (tertiary/aromatic N) is 3. The Labute approximate surface area is 111 Å². The number of hydrogen-bond acceptors (Lipinski definition) is 6. The van der Waals surface area contributed by atoms with E-state index in [0.29, 0.717) is 18.1 Å². The summed E-state index contributed by atoms with van der Waals surface area (Å²) in [5, 5.41) is 15.3. The maximum atomic E-state index is 9.04. The maximum absolute atomic E-state index is 9.04. The number of imidazole rings is 1. The summed E-state index contributed by atoms with van der Waals surface area (Å²) in [5.74, 6) is 1.25. The summed E-state index contributed by atoms with van der Waals surface area (Å²) in [4.78, 5) is 15.8. The summed E-state index contributed by atoms with van der Waals surface area (Å²) >= 11 is 0. The number of aromatic nitrogens is 4. The zero-order chi connectivity index (χ0) is 13.9. The van der Waals surface area contributed by atoms with Crippen molar-refractivity contribution in [2.45, 2.75) is 20.3 Å². The number of aliphatic hydroxyl groups is 1. The monoisotopic (exact) mass is 264 g/mol. The van der Waals surface area contributed by atoms with Gasteiger partial charge in [-0.1, -0.05) is 13.8 Å². The molecule has 7 heteroatoms. The van der Waals surface area contributed by atoms with Crippen LogP contribution in [0.2, 0.25) is 0 Å². The maximum Gasteiger partial charge on any atom is 0.226 e. The van der Waals surface area contributed by atoms with Gasteiger partial charge in [0.15, 0.2) is 11.5 Å². The Kier molecular flexibility index (Phi) is 3.84. The minimum atomic E-state index is -0.00808. The van der Waals surface area contributed by atoms with Gasteiger partial charge in [0.2, 0.25) is 5.95 Å². The topological polar surface area (TPSA) is 98.8 Å². The first-order chi connectivity index (χ1) is 9.05. The van der Waals surface area contributed by atoms with Crippen molar-refractivity contribution in [1.82, 2.24) is 19.9 Å². The Bertz CT molecular complexity index is 550. The highest BCUT2D eigenvalue weighted by molar-refractivity contribution is 5.83. The summed E-state index contributed by atoms with van der Waals surface area (Å²) < 4.78 is 0. The summed E-state index contributed by atoms with van der Waals surface area (Å²) in [5.41, 5.74) is 1.41. The fourth-order valence-corrected chi connectivity index (χ4v) is 1.79. The number of rotatable bonds is 6. The summed E-state index contributed by atoms with van der Waals surface area (Å²) in [6.07, 6.45) is 2.33. The fourth-order valence-electron chi connectivity index (χ4n) is 1.79. The van der Waals surface area contributed by atoms with E-state index in [0.717, 1.165) is 17.8 Å². The average molecular weight is 264 g/mol. The molecular weight excluding hydrogens is 244 g/mol. The van der Waals surface area contributed by atoms with Crippen LogP contribution in [-0.2, 0) is 0 Å². The first kappa shape index (κ1) is 13.5. The molecule has 0 aliphatic rings. The van der Waals surface area contributed by atoms with Gasteiger partial charge in [-0.3, -0.25) is 0 Å². The second-order valence-corrected chi connectivity index (χ2v) is 5.24. The van der Waals surface area contributed by atoms with E-state index in [1.807, 2.05) is 0 Å². The summed E-state index contributed by atoms with van der Waals surface area (Å²) in [7, 11) is 1.77. The molecule has 0 spiro atoms. The van der Waals surface area contributed by atoms with Crippen LogP contribution >= 0.6 is 0 Å². The fraction of sp³-hybridized carbons (Fsp3) is 0.583. The predicted octanol–water partition coefficient (Wildman–Crippen LogP) is 1.22. The number of fused-ring (bicyclic) bond motifs is 1. The van der Waals surface area contributed by atoms with Crippen molar-refractivity contribution in [3.05, 3.63) is 6.33 Å². The number of H-pyrrole nitrogens is 1. The number of aromatic amines is 1. The molecule has 19 heavy (non-hydrogen) atoms. The van der Waals surface area contributed by atoms with Crippen molar-refractivity contribution in [3.8, 4) is 0 Å². The van der Waals surface area contributed by atoms with E-state index >= 15 is 0 Å². The number of aliphatic hydroxyl groups excluding tert-OH is 1. The normalized spacial score (nSPS) is 11.8. The van der Waals surface area contributed by atoms with E-state index in [1.165, 1.54) is 0 Å². The largest absolute Gasteiger partial charge is 0.396 e. The van der Waals surface area contributed by atoms with Crippen LogP contribution in [-0.4, -0.2) is 45.2 Å². The smallest absolute Gasteiger partial charge is 0.226 e. The van der Waals surface area contributed by atoms with E-state index in [-0.39, 0.29) is 12.0 Å². The van der Waals surface area contributed by atoms with Gasteiger partial charge in [0, 0.05) is 20.2 Å². The third-order valence-corrected chi connectivity index (χ3v) is 3.03. The van der Waals surface area contributed by atoms with Crippen molar-refractivity contribution in [2.24, 2.45) is 5.41 Å². The van der Waals surface area contributed by atoms with Gasteiger partial charge in [0.25, 0.3) is 0 Å². The molecule has 2 rings (SSSR count). The molecule has 0 saturated heterocycles. The van der Waals surface area contributed by atoms with Gasteiger partial charge < -0.3 is 20.7 Å². The van der Waals surface area contributed by atoms with Gasteiger partial charge in [-0.05, 0) is 11.8 Å². The van der Waals surface area contributed by atoms with Gasteiger partial charge >= 0.3 is 0 Å². The molecule has 4 N–H and O–H groups in total. The Morgan fingerprint density at radius 3 is 2.84 bits per heavy atom. The lowest BCUT2D eigenvalue weighted by atomic mass is 9.90. The number of nitrogens with one attached hydrogen (secondary N) is 3. The second-order valence-electron chi connectivity index (χ2n) is 5.24. The van der Waals surface area contributed by atoms with E-state index in [1.54, 1.807) is 13.4 Å². The SMILES string of the molecule is CNc1nc(NCC(C)(C)CCO)c2[nH]cnc2n1. The van der Waals surface area contributed by atoms with Crippen LogP contribution in [0.5, 0.6) is 0 Å². The molecule has 0 atom stereocenters. The minimum absolute atomic E-state index is 0.00808.